The average molecular weight is 455 g/mol. The van der Waals surface area contributed by atoms with Gasteiger partial charge in [-0.05, 0) is 43.2 Å². The van der Waals surface area contributed by atoms with E-state index in [2.05, 4.69) is 9.97 Å². The lowest BCUT2D eigenvalue weighted by Crippen LogP contribution is -2.40. The third-order valence-corrected chi connectivity index (χ3v) is 6.18. The van der Waals surface area contributed by atoms with Gasteiger partial charge in [0.05, 0.1) is 23.8 Å². The molecule has 2 N–H and O–H groups in total. The van der Waals surface area contributed by atoms with Gasteiger partial charge in [0.15, 0.2) is 0 Å². The van der Waals surface area contributed by atoms with Gasteiger partial charge in [-0.1, -0.05) is 12.1 Å². The van der Waals surface area contributed by atoms with Crippen LogP contribution in [0.5, 0.6) is 0 Å². The number of halogens is 3. The Kier molecular flexibility index (Phi) is 4.70. The zero-order chi connectivity index (χ0) is 23.5. The van der Waals surface area contributed by atoms with Gasteiger partial charge in [0.2, 0.25) is 0 Å². The number of amides is 1. The number of benzene rings is 1. The molecule has 5 rings (SSSR count). The fraction of sp³-hybridized carbons (Fsp3) is 0.261. The van der Waals surface area contributed by atoms with E-state index in [1.165, 1.54) is 17.0 Å². The van der Waals surface area contributed by atoms with E-state index >= 15 is 0 Å². The van der Waals surface area contributed by atoms with Crippen molar-refractivity contribution in [3.05, 3.63) is 59.5 Å². The van der Waals surface area contributed by atoms with Crippen molar-refractivity contribution in [3.63, 3.8) is 0 Å². The van der Waals surface area contributed by atoms with Gasteiger partial charge in [-0.25, -0.2) is 9.78 Å². The molecule has 4 aromatic rings. The number of alkyl halides is 3. The van der Waals surface area contributed by atoms with Crippen molar-refractivity contribution in [2.24, 2.45) is 0 Å². The van der Waals surface area contributed by atoms with Crippen LogP contribution in [0.3, 0.4) is 0 Å². The summed E-state index contributed by atoms with van der Waals surface area (Å²) >= 11 is 0. The van der Waals surface area contributed by atoms with E-state index in [0.29, 0.717) is 34.7 Å². The lowest BCUT2D eigenvalue weighted by atomic mass is 9.93. The maximum Gasteiger partial charge on any atom is 0.416 e. The first-order valence-electron chi connectivity index (χ1n) is 10.4. The van der Waals surface area contributed by atoms with Gasteiger partial charge in [0.1, 0.15) is 11.3 Å². The molecule has 0 radical (unpaired) electrons. The molecule has 10 heteroatoms. The fourth-order valence-corrected chi connectivity index (χ4v) is 4.59. The van der Waals surface area contributed by atoms with Crippen molar-refractivity contribution in [1.29, 1.82) is 0 Å². The number of carboxylic acid groups (broad SMARTS) is 1. The van der Waals surface area contributed by atoms with Crippen LogP contribution in [0.25, 0.3) is 33.4 Å². The van der Waals surface area contributed by atoms with Gasteiger partial charge in [-0.3, -0.25) is 9.58 Å². The highest BCUT2D eigenvalue weighted by molar-refractivity contribution is 6.00. The van der Waals surface area contributed by atoms with Gasteiger partial charge < -0.3 is 10.1 Å². The second-order valence-corrected chi connectivity index (χ2v) is 8.11. The van der Waals surface area contributed by atoms with Gasteiger partial charge in [0, 0.05) is 35.5 Å². The Morgan fingerprint density at radius 3 is 2.58 bits per heavy atom. The van der Waals surface area contributed by atoms with Gasteiger partial charge in [0.25, 0.3) is 0 Å². The minimum Gasteiger partial charge on any atom is -0.465 e. The highest BCUT2D eigenvalue weighted by atomic mass is 19.4. The fourth-order valence-electron chi connectivity index (χ4n) is 4.59. The summed E-state index contributed by atoms with van der Waals surface area (Å²) in [6, 6.07) is 6.22. The Bertz CT molecular complexity index is 1370. The van der Waals surface area contributed by atoms with Crippen molar-refractivity contribution < 1.29 is 23.1 Å². The van der Waals surface area contributed by atoms with Crippen LogP contribution in [0.4, 0.5) is 18.0 Å². The first-order chi connectivity index (χ1) is 15.7. The summed E-state index contributed by atoms with van der Waals surface area (Å²) in [4.78, 5) is 20.7. The minimum atomic E-state index is -4.44. The molecule has 4 heterocycles. The topological polar surface area (TPSA) is 87.0 Å². The number of H-pyrrole nitrogens is 1. The lowest BCUT2D eigenvalue weighted by molar-refractivity contribution is -0.137. The monoisotopic (exact) mass is 455 g/mol. The molecule has 0 fully saturated rings. The summed E-state index contributed by atoms with van der Waals surface area (Å²) in [5.41, 5.74) is 4.10. The third kappa shape index (κ3) is 3.33. The van der Waals surface area contributed by atoms with Gasteiger partial charge in [-0.15, -0.1) is 0 Å². The third-order valence-electron chi connectivity index (χ3n) is 6.18. The zero-order valence-corrected chi connectivity index (χ0v) is 17.8. The number of aromatic nitrogens is 4. The maximum absolute atomic E-state index is 13.1. The van der Waals surface area contributed by atoms with E-state index < -0.39 is 23.9 Å². The average Bonchev–Trinajstić information content (AvgIpc) is 3.35. The Morgan fingerprint density at radius 2 is 1.91 bits per heavy atom. The number of hydrogen-bond acceptors (Lipinski definition) is 3. The molecule has 1 aromatic carbocycles. The first-order valence-corrected chi connectivity index (χ1v) is 10.4. The van der Waals surface area contributed by atoms with Gasteiger partial charge >= 0.3 is 12.3 Å². The highest BCUT2D eigenvalue weighted by Gasteiger charge is 2.35. The van der Waals surface area contributed by atoms with Crippen molar-refractivity contribution in [2.45, 2.75) is 32.6 Å². The summed E-state index contributed by atoms with van der Waals surface area (Å²) in [6.07, 6.45) is -1.99. The van der Waals surface area contributed by atoms with Crippen molar-refractivity contribution in [3.8, 4) is 22.4 Å². The summed E-state index contributed by atoms with van der Waals surface area (Å²) < 4.78 is 41.1. The molecule has 7 nitrogen and oxygen atoms in total. The van der Waals surface area contributed by atoms with Crippen molar-refractivity contribution >= 4 is 17.1 Å². The van der Waals surface area contributed by atoms with E-state index in [9.17, 15) is 23.1 Å². The van der Waals surface area contributed by atoms with Crippen LogP contribution in [0, 0.1) is 6.92 Å². The Hall–Kier alpha value is -3.82. The second kappa shape index (κ2) is 7.36. The summed E-state index contributed by atoms with van der Waals surface area (Å²) in [6.45, 7) is 4.35. The molecule has 170 valence electrons. The SMILES string of the molecule is Cc1c[nH]c2nccc(-c3c(-c4ccc(C(F)(F)F)cc4)nn4c3C(C)N(C(=O)O)CC4)c12. The van der Waals surface area contributed by atoms with Crippen LogP contribution >= 0.6 is 0 Å². The molecule has 1 amide bonds. The van der Waals surface area contributed by atoms with Crippen molar-refractivity contribution in [2.75, 3.05) is 6.54 Å². The molecule has 0 aliphatic carbocycles. The van der Waals surface area contributed by atoms with E-state index in [4.69, 9.17) is 5.10 Å². The largest absolute Gasteiger partial charge is 0.465 e. The van der Waals surface area contributed by atoms with Crippen LogP contribution in [0.2, 0.25) is 0 Å². The Labute approximate surface area is 186 Å². The molecule has 1 atom stereocenters. The number of nitrogens with zero attached hydrogens (tertiary/aromatic N) is 4. The van der Waals surface area contributed by atoms with E-state index in [1.807, 2.05) is 19.2 Å². The van der Waals surface area contributed by atoms with Crippen LogP contribution in [0.15, 0.2) is 42.7 Å². The quantitative estimate of drug-likeness (QED) is 0.419. The predicted molar refractivity (Wildman–Crippen MR) is 116 cm³/mol. The van der Waals surface area contributed by atoms with Gasteiger partial charge in [-0.2, -0.15) is 18.3 Å². The minimum absolute atomic E-state index is 0.270. The smallest absolute Gasteiger partial charge is 0.416 e. The van der Waals surface area contributed by atoms with E-state index in [0.717, 1.165) is 28.6 Å². The highest BCUT2D eigenvalue weighted by Crippen LogP contribution is 2.43. The molecule has 33 heavy (non-hydrogen) atoms. The van der Waals surface area contributed by atoms with Crippen molar-refractivity contribution in [1.82, 2.24) is 24.6 Å². The molecule has 1 unspecified atom stereocenters. The summed E-state index contributed by atoms with van der Waals surface area (Å²) in [5.74, 6) is 0. The molecular weight excluding hydrogens is 435 g/mol. The number of rotatable bonds is 2. The molecule has 0 saturated carbocycles. The maximum atomic E-state index is 13.1. The number of carbonyl (C=O) groups is 1. The number of aryl methyl sites for hydroxylation is 1. The zero-order valence-electron chi connectivity index (χ0n) is 17.8. The Morgan fingerprint density at radius 1 is 1.18 bits per heavy atom. The van der Waals surface area contributed by atoms with Crippen LogP contribution in [-0.2, 0) is 12.7 Å². The molecule has 0 spiro atoms. The molecular formula is C23H20F3N5O2. The number of fused-ring (bicyclic) bond motifs is 2. The molecule has 0 saturated heterocycles. The standard InChI is InChI=1S/C23H20F3N5O2/c1-12-11-28-21-17(12)16(7-8-27-21)18-19(14-3-5-15(6-4-14)23(24,25)26)29-31-10-9-30(22(32)33)13(2)20(18)31/h3-8,11,13H,9-10H2,1-2H3,(H,27,28)(H,32,33). The van der Waals surface area contributed by atoms with E-state index in [1.54, 1.807) is 17.8 Å². The lowest BCUT2D eigenvalue weighted by Gasteiger charge is -2.32. The van der Waals surface area contributed by atoms with Crippen LogP contribution in [-0.4, -0.2) is 42.4 Å². The number of aromatic amines is 1. The summed E-state index contributed by atoms with van der Waals surface area (Å²) in [5, 5.41) is 15.3. The molecule has 1 aliphatic heterocycles. The normalized spacial score (nSPS) is 16.3. The number of hydrogen-bond donors (Lipinski definition) is 2. The van der Waals surface area contributed by atoms with Crippen LogP contribution < -0.4 is 0 Å². The number of pyridine rings is 1. The number of nitrogens with one attached hydrogen (secondary N) is 1. The summed E-state index contributed by atoms with van der Waals surface area (Å²) in [7, 11) is 0. The van der Waals surface area contributed by atoms with E-state index in [-0.39, 0.29) is 6.54 Å². The predicted octanol–water partition coefficient (Wildman–Crippen LogP) is 5.48. The van der Waals surface area contributed by atoms with Crippen LogP contribution in [0.1, 0.15) is 29.8 Å². The first kappa shape index (κ1) is 21.0. The second-order valence-electron chi connectivity index (χ2n) is 8.11. The Balaban J connectivity index is 1.79. The molecule has 1 aliphatic rings. The molecule has 3 aromatic heterocycles. The molecule has 0 bridgehead atoms.